The normalized spacial score (nSPS) is 16.4. The largest absolute Gasteiger partial charge is 0.303 e. The van der Waals surface area contributed by atoms with E-state index < -0.39 is 5.41 Å². The fourth-order valence-electron chi connectivity index (χ4n) is 4.83. The Morgan fingerprint density at radius 1 is 0.839 bits per heavy atom. The fraction of sp³-hybridized carbons (Fsp3) is 0.286. The average molecular weight is 409 g/mol. The molecule has 31 heavy (non-hydrogen) atoms. The van der Waals surface area contributed by atoms with Gasteiger partial charge >= 0.3 is 0 Å². The van der Waals surface area contributed by atoms with Gasteiger partial charge in [-0.3, -0.25) is 0 Å². The molecule has 0 aliphatic carbocycles. The van der Waals surface area contributed by atoms with Crippen LogP contribution in [0.5, 0.6) is 0 Å². The second-order valence-corrected chi connectivity index (χ2v) is 8.48. The van der Waals surface area contributed by atoms with Crippen LogP contribution in [0.1, 0.15) is 36.0 Å². The third-order valence-corrected chi connectivity index (χ3v) is 6.85. The van der Waals surface area contributed by atoms with E-state index in [1.54, 1.807) is 0 Å². The first-order valence-electron chi connectivity index (χ1n) is 11.0. The Balaban J connectivity index is 1.52. The first-order valence-corrected chi connectivity index (χ1v) is 11.0. The SMILES string of the molecule is N#CC(CCN1CCC(C=O)(c2ccccc2)CC1)(c1ccccc1)c1ccccc1. The maximum atomic E-state index is 12.1. The zero-order chi connectivity index (χ0) is 21.6. The average Bonchev–Trinajstić information content (AvgIpc) is 2.87. The molecule has 0 amide bonds. The van der Waals surface area contributed by atoms with E-state index in [9.17, 15) is 10.1 Å². The van der Waals surface area contributed by atoms with Gasteiger partial charge in [0, 0.05) is 6.54 Å². The predicted octanol–water partition coefficient (Wildman–Crippen LogP) is 5.12. The zero-order valence-electron chi connectivity index (χ0n) is 17.8. The number of benzene rings is 3. The van der Waals surface area contributed by atoms with Crippen molar-refractivity contribution in [1.82, 2.24) is 4.90 Å². The van der Waals surface area contributed by atoms with E-state index in [1.165, 1.54) is 0 Å². The highest BCUT2D eigenvalue weighted by molar-refractivity contribution is 5.69. The molecular formula is C28H28N2O. The lowest BCUT2D eigenvalue weighted by Crippen LogP contribution is -2.45. The number of likely N-dealkylation sites (tertiary alicyclic amines) is 1. The van der Waals surface area contributed by atoms with Gasteiger partial charge in [0.15, 0.2) is 0 Å². The molecular weight excluding hydrogens is 380 g/mol. The fourth-order valence-corrected chi connectivity index (χ4v) is 4.83. The highest BCUT2D eigenvalue weighted by Crippen LogP contribution is 2.37. The summed E-state index contributed by atoms with van der Waals surface area (Å²) in [7, 11) is 0. The van der Waals surface area contributed by atoms with Crippen molar-refractivity contribution in [1.29, 1.82) is 5.26 Å². The van der Waals surface area contributed by atoms with E-state index in [4.69, 9.17) is 0 Å². The van der Waals surface area contributed by atoms with Gasteiger partial charge in [-0.15, -0.1) is 0 Å². The Morgan fingerprint density at radius 2 is 1.32 bits per heavy atom. The molecule has 0 spiro atoms. The zero-order valence-corrected chi connectivity index (χ0v) is 17.8. The number of carbonyl (C=O) groups excluding carboxylic acids is 1. The summed E-state index contributed by atoms with van der Waals surface area (Å²) in [5.41, 5.74) is 2.12. The molecule has 4 rings (SSSR count). The van der Waals surface area contributed by atoms with Crippen molar-refractivity contribution in [2.75, 3.05) is 19.6 Å². The molecule has 1 saturated heterocycles. The summed E-state index contributed by atoms with van der Waals surface area (Å²) in [5.74, 6) is 0. The van der Waals surface area contributed by atoms with Crippen molar-refractivity contribution in [2.45, 2.75) is 30.1 Å². The lowest BCUT2D eigenvalue weighted by Gasteiger charge is -2.40. The van der Waals surface area contributed by atoms with Gasteiger partial charge in [0.05, 0.1) is 11.5 Å². The van der Waals surface area contributed by atoms with Crippen molar-refractivity contribution in [3.05, 3.63) is 108 Å². The third kappa shape index (κ3) is 4.17. The Kier molecular flexibility index (Phi) is 6.30. The van der Waals surface area contributed by atoms with Gasteiger partial charge in [0.25, 0.3) is 0 Å². The molecule has 0 atom stereocenters. The molecule has 156 valence electrons. The summed E-state index contributed by atoms with van der Waals surface area (Å²) in [6, 6.07) is 33.0. The molecule has 3 aromatic rings. The third-order valence-electron chi connectivity index (χ3n) is 6.85. The molecule has 1 aliphatic rings. The van der Waals surface area contributed by atoms with E-state index in [-0.39, 0.29) is 5.41 Å². The molecule has 3 heteroatoms. The van der Waals surface area contributed by atoms with Crippen molar-refractivity contribution in [3.8, 4) is 6.07 Å². The number of hydrogen-bond acceptors (Lipinski definition) is 3. The highest BCUT2D eigenvalue weighted by atomic mass is 16.1. The summed E-state index contributed by atoms with van der Waals surface area (Å²) >= 11 is 0. The van der Waals surface area contributed by atoms with Crippen molar-refractivity contribution in [3.63, 3.8) is 0 Å². The summed E-state index contributed by atoms with van der Waals surface area (Å²) in [5, 5.41) is 10.4. The lowest BCUT2D eigenvalue weighted by atomic mass is 9.72. The Morgan fingerprint density at radius 3 is 1.77 bits per heavy atom. The second-order valence-electron chi connectivity index (χ2n) is 8.48. The van der Waals surface area contributed by atoms with Crippen LogP contribution in [0.25, 0.3) is 0 Å². The Bertz CT molecular complexity index is 977. The summed E-state index contributed by atoms with van der Waals surface area (Å²) in [4.78, 5) is 14.5. The van der Waals surface area contributed by atoms with E-state index in [0.29, 0.717) is 0 Å². The molecule has 0 saturated carbocycles. The van der Waals surface area contributed by atoms with Gasteiger partial charge in [-0.2, -0.15) is 5.26 Å². The number of carbonyl (C=O) groups is 1. The van der Waals surface area contributed by atoms with E-state index >= 15 is 0 Å². The van der Waals surface area contributed by atoms with Crippen LogP contribution in [-0.4, -0.2) is 30.8 Å². The quantitative estimate of drug-likeness (QED) is 0.510. The number of nitriles is 1. The molecule has 1 aliphatic heterocycles. The van der Waals surface area contributed by atoms with Crippen LogP contribution in [0.4, 0.5) is 0 Å². The number of nitrogens with zero attached hydrogens (tertiary/aromatic N) is 2. The molecule has 0 bridgehead atoms. The smallest absolute Gasteiger partial charge is 0.130 e. The molecule has 1 fully saturated rings. The van der Waals surface area contributed by atoms with Gasteiger partial charge in [-0.25, -0.2) is 0 Å². The minimum absolute atomic E-state index is 0.386. The lowest BCUT2D eigenvalue weighted by molar-refractivity contribution is -0.114. The minimum Gasteiger partial charge on any atom is -0.303 e. The maximum absolute atomic E-state index is 12.1. The number of piperidine rings is 1. The van der Waals surface area contributed by atoms with Crippen LogP contribution < -0.4 is 0 Å². The van der Waals surface area contributed by atoms with Crippen LogP contribution in [0, 0.1) is 11.3 Å². The van der Waals surface area contributed by atoms with Gasteiger partial charge in [0.2, 0.25) is 0 Å². The van der Waals surface area contributed by atoms with Crippen LogP contribution >= 0.6 is 0 Å². The van der Waals surface area contributed by atoms with Gasteiger partial charge in [0.1, 0.15) is 11.7 Å². The van der Waals surface area contributed by atoms with Crippen LogP contribution in [0.3, 0.4) is 0 Å². The first kappa shape index (κ1) is 21.0. The Labute approximate surface area is 185 Å². The van der Waals surface area contributed by atoms with Crippen LogP contribution in [0.15, 0.2) is 91.0 Å². The minimum atomic E-state index is -0.679. The topological polar surface area (TPSA) is 44.1 Å². The second kappa shape index (κ2) is 9.29. The summed E-state index contributed by atoms with van der Waals surface area (Å²) in [6.45, 7) is 2.54. The van der Waals surface area contributed by atoms with Crippen molar-refractivity contribution >= 4 is 6.29 Å². The Hall–Kier alpha value is -3.22. The maximum Gasteiger partial charge on any atom is 0.130 e. The molecule has 3 aromatic carbocycles. The van der Waals surface area contributed by atoms with Crippen LogP contribution in [-0.2, 0) is 15.6 Å². The number of hydrogen-bond donors (Lipinski definition) is 0. The molecule has 0 N–H and O–H groups in total. The van der Waals surface area contributed by atoms with Crippen molar-refractivity contribution in [2.24, 2.45) is 0 Å². The van der Waals surface area contributed by atoms with Crippen molar-refractivity contribution < 1.29 is 4.79 Å². The molecule has 0 unspecified atom stereocenters. The monoisotopic (exact) mass is 408 g/mol. The molecule has 3 nitrogen and oxygen atoms in total. The number of rotatable bonds is 7. The summed E-state index contributed by atoms with van der Waals surface area (Å²) in [6.07, 6.45) is 3.50. The van der Waals surface area contributed by atoms with E-state index in [1.807, 2.05) is 54.6 Å². The van der Waals surface area contributed by atoms with E-state index in [0.717, 1.165) is 61.9 Å². The van der Waals surface area contributed by atoms with Gasteiger partial charge in [-0.05, 0) is 49.0 Å². The predicted molar refractivity (Wildman–Crippen MR) is 124 cm³/mol. The first-order chi connectivity index (χ1) is 15.2. The van der Waals surface area contributed by atoms with Crippen LogP contribution in [0.2, 0.25) is 0 Å². The highest BCUT2D eigenvalue weighted by Gasteiger charge is 2.38. The summed E-state index contributed by atoms with van der Waals surface area (Å²) < 4.78 is 0. The molecule has 0 aromatic heterocycles. The standard InChI is InChI=1S/C28H28N2O/c29-22-28(25-12-6-2-7-13-25,26-14-8-3-9-15-26)18-21-30-19-16-27(23-31,17-20-30)24-10-4-1-5-11-24/h1-15,23H,16-21H2. The van der Waals surface area contributed by atoms with E-state index in [2.05, 4.69) is 47.4 Å². The van der Waals surface area contributed by atoms with Gasteiger partial charge < -0.3 is 9.69 Å². The van der Waals surface area contributed by atoms with Gasteiger partial charge in [-0.1, -0.05) is 91.0 Å². The molecule has 1 heterocycles. The molecule has 0 radical (unpaired) electrons. The number of aldehydes is 1.